The van der Waals surface area contributed by atoms with Crippen LogP contribution in [0.4, 0.5) is 0 Å². The van der Waals surface area contributed by atoms with Gasteiger partial charge in [-0.25, -0.2) is 0 Å². The highest BCUT2D eigenvalue weighted by molar-refractivity contribution is 8.15. The van der Waals surface area contributed by atoms with Crippen LogP contribution < -0.4 is 0 Å². The quantitative estimate of drug-likeness (QED) is 0.432. The Bertz CT molecular complexity index is 1070. The maximum absolute atomic E-state index is 12.7. The van der Waals surface area contributed by atoms with Crippen LogP contribution in [0, 0.1) is 0 Å². The van der Waals surface area contributed by atoms with Crippen LogP contribution in [-0.2, 0) is 11.3 Å². The molecule has 1 fully saturated rings. The van der Waals surface area contributed by atoms with E-state index in [1.54, 1.807) is 23.2 Å². The van der Waals surface area contributed by atoms with Crippen molar-refractivity contribution < 1.29 is 4.79 Å². The molecular formula is C22H18ClN3OS. The van der Waals surface area contributed by atoms with E-state index >= 15 is 0 Å². The lowest BCUT2D eigenvalue weighted by Gasteiger charge is -2.17. The number of hydrogen-bond donors (Lipinski definition) is 0. The van der Waals surface area contributed by atoms with Crippen molar-refractivity contribution in [1.29, 1.82) is 0 Å². The summed E-state index contributed by atoms with van der Waals surface area (Å²) < 4.78 is 0. The third-order valence-electron chi connectivity index (χ3n) is 4.56. The van der Waals surface area contributed by atoms with E-state index in [0.29, 0.717) is 16.7 Å². The lowest BCUT2D eigenvalue weighted by molar-refractivity contribution is -0.126. The summed E-state index contributed by atoms with van der Waals surface area (Å²) in [5.74, 6) is 0.0541. The van der Waals surface area contributed by atoms with Gasteiger partial charge in [0.05, 0.1) is 18.0 Å². The molecule has 4 nitrogen and oxygen atoms in total. The van der Waals surface area contributed by atoms with Crippen molar-refractivity contribution in [1.82, 2.24) is 4.90 Å². The van der Waals surface area contributed by atoms with Gasteiger partial charge in [0.15, 0.2) is 5.17 Å². The molecule has 1 unspecified atom stereocenters. The Labute approximate surface area is 172 Å². The van der Waals surface area contributed by atoms with Gasteiger partial charge in [0, 0.05) is 5.02 Å². The van der Waals surface area contributed by atoms with Crippen LogP contribution >= 0.6 is 23.4 Å². The van der Waals surface area contributed by atoms with E-state index in [1.165, 1.54) is 11.8 Å². The summed E-state index contributed by atoms with van der Waals surface area (Å²) in [4.78, 5) is 14.4. The number of thioether (sulfide) groups is 1. The molecule has 28 heavy (non-hydrogen) atoms. The van der Waals surface area contributed by atoms with Crippen LogP contribution in [0.25, 0.3) is 10.8 Å². The Hall–Kier alpha value is -2.63. The largest absolute Gasteiger partial charge is 0.284 e. The van der Waals surface area contributed by atoms with E-state index in [2.05, 4.69) is 34.5 Å². The van der Waals surface area contributed by atoms with Gasteiger partial charge in [-0.15, -0.1) is 5.10 Å². The van der Waals surface area contributed by atoms with Crippen LogP contribution in [0.2, 0.25) is 5.02 Å². The fourth-order valence-corrected chi connectivity index (χ4v) is 4.15. The number of amidine groups is 1. The number of benzene rings is 3. The van der Waals surface area contributed by atoms with Gasteiger partial charge in [-0.2, -0.15) is 5.10 Å². The van der Waals surface area contributed by atoms with E-state index in [4.69, 9.17) is 11.6 Å². The number of carbonyl (C=O) groups excluding carboxylic acids is 1. The van der Waals surface area contributed by atoms with Crippen LogP contribution in [0.1, 0.15) is 18.1 Å². The second kappa shape index (κ2) is 8.17. The predicted octanol–water partition coefficient (Wildman–Crippen LogP) is 5.35. The number of carbonyl (C=O) groups is 1. The van der Waals surface area contributed by atoms with Gasteiger partial charge < -0.3 is 0 Å². The van der Waals surface area contributed by atoms with Crippen LogP contribution in [-0.4, -0.2) is 27.4 Å². The minimum Gasteiger partial charge on any atom is -0.284 e. The molecule has 0 N–H and O–H groups in total. The summed E-state index contributed by atoms with van der Waals surface area (Å²) in [7, 11) is 0. The van der Waals surface area contributed by atoms with Crippen molar-refractivity contribution in [3.63, 3.8) is 0 Å². The minimum atomic E-state index is -0.167. The monoisotopic (exact) mass is 407 g/mol. The normalized spacial score (nSPS) is 18.6. The van der Waals surface area contributed by atoms with Gasteiger partial charge in [0.2, 0.25) is 5.91 Å². The maximum atomic E-state index is 12.7. The third kappa shape index (κ3) is 3.96. The Morgan fingerprint density at radius 3 is 2.64 bits per heavy atom. The second-order valence-electron chi connectivity index (χ2n) is 6.50. The average molecular weight is 408 g/mol. The Morgan fingerprint density at radius 1 is 1.07 bits per heavy atom. The maximum Gasteiger partial charge on any atom is 0.242 e. The Morgan fingerprint density at radius 2 is 1.82 bits per heavy atom. The van der Waals surface area contributed by atoms with Crippen molar-refractivity contribution in [2.24, 2.45) is 10.2 Å². The molecule has 4 rings (SSSR count). The van der Waals surface area contributed by atoms with Gasteiger partial charge in [0.25, 0.3) is 0 Å². The summed E-state index contributed by atoms with van der Waals surface area (Å²) in [5, 5.41) is 11.9. The van der Waals surface area contributed by atoms with E-state index in [9.17, 15) is 4.79 Å². The molecule has 1 aliphatic heterocycles. The van der Waals surface area contributed by atoms with Crippen molar-refractivity contribution in [2.45, 2.75) is 18.7 Å². The molecule has 0 aliphatic carbocycles. The molecule has 0 spiro atoms. The fourth-order valence-electron chi connectivity index (χ4n) is 3.10. The number of nitrogens with zero attached hydrogens (tertiary/aromatic N) is 3. The van der Waals surface area contributed by atoms with E-state index < -0.39 is 0 Å². The lowest BCUT2D eigenvalue weighted by atomic mass is 10.0. The van der Waals surface area contributed by atoms with Gasteiger partial charge in [-0.05, 0) is 41.0 Å². The van der Waals surface area contributed by atoms with Crippen LogP contribution in [0.5, 0.6) is 0 Å². The van der Waals surface area contributed by atoms with Gasteiger partial charge >= 0.3 is 0 Å². The number of fused-ring (bicyclic) bond motifs is 1. The third-order valence-corrected chi connectivity index (χ3v) is 5.88. The first-order valence-electron chi connectivity index (χ1n) is 8.93. The highest BCUT2D eigenvalue weighted by Crippen LogP contribution is 2.30. The summed E-state index contributed by atoms with van der Waals surface area (Å²) in [6, 6.07) is 21.7. The molecule has 1 atom stereocenters. The number of amides is 1. The molecule has 0 bridgehead atoms. The lowest BCUT2D eigenvalue weighted by Crippen LogP contribution is -2.30. The van der Waals surface area contributed by atoms with Crippen molar-refractivity contribution >= 4 is 51.4 Å². The molecule has 1 aliphatic rings. The van der Waals surface area contributed by atoms with Gasteiger partial charge in [0.1, 0.15) is 0 Å². The topological polar surface area (TPSA) is 45.0 Å². The number of hydrogen-bond acceptors (Lipinski definition) is 4. The zero-order chi connectivity index (χ0) is 19.5. The van der Waals surface area contributed by atoms with Gasteiger partial charge in [-0.3, -0.25) is 9.69 Å². The SMILES string of the molecule is CC1S/C(=N/N=C/c2ccc(Cl)cc2)N(Cc2cccc3ccccc23)C1=O. The smallest absolute Gasteiger partial charge is 0.242 e. The molecule has 1 amide bonds. The van der Waals surface area contributed by atoms with Crippen molar-refractivity contribution in [2.75, 3.05) is 0 Å². The molecule has 1 saturated heterocycles. The fraction of sp³-hybridized carbons (Fsp3) is 0.136. The molecular weight excluding hydrogens is 390 g/mol. The Kier molecular flexibility index (Phi) is 5.46. The summed E-state index contributed by atoms with van der Waals surface area (Å²) in [6.07, 6.45) is 1.66. The van der Waals surface area contributed by atoms with Crippen molar-refractivity contribution in [3.8, 4) is 0 Å². The first-order valence-corrected chi connectivity index (χ1v) is 10.2. The minimum absolute atomic E-state index is 0.0541. The summed E-state index contributed by atoms with van der Waals surface area (Å²) in [6.45, 7) is 2.38. The second-order valence-corrected chi connectivity index (χ2v) is 8.25. The Balaban J connectivity index is 1.60. The van der Waals surface area contributed by atoms with E-state index in [0.717, 1.165) is 21.9 Å². The van der Waals surface area contributed by atoms with Crippen molar-refractivity contribution in [3.05, 3.63) is 82.9 Å². The molecule has 3 aromatic rings. The highest BCUT2D eigenvalue weighted by Gasteiger charge is 2.35. The number of halogens is 1. The molecule has 0 saturated carbocycles. The molecule has 140 valence electrons. The van der Waals surface area contributed by atoms with Crippen LogP contribution in [0.3, 0.4) is 0 Å². The van der Waals surface area contributed by atoms with E-state index in [1.807, 2.05) is 37.3 Å². The van der Waals surface area contributed by atoms with E-state index in [-0.39, 0.29) is 11.2 Å². The zero-order valence-corrected chi connectivity index (χ0v) is 16.8. The highest BCUT2D eigenvalue weighted by atomic mass is 35.5. The molecule has 0 radical (unpaired) electrons. The molecule has 6 heteroatoms. The predicted molar refractivity (Wildman–Crippen MR) is 118 cm³/mol. The number of rotatable bonds is 4. The first kappa shape index (κ1) is 18.7. The standard InChI is InChI=1S/C22H18ClN3OS/c1-15-21(27)26(14-18-7-4-6-17-5-2-3-8-20(17)18)22(28-15)25-24-13-16-9-11-19(23)12-10-16/h2-13,15H,14H2,1H3/b24-13+,25-22+. The first-order chi connectivity index (χ1) is 13.6. The summed E-state index contributed by atoms with van der Waals surface area (Å²) >= 11 is 7.33. The molecule has 3 aromatic carbocycles. The zero-order valence-electron chi connectivity index (χ0n) is 15.2. The molecule has 0 aromatic heterocycles. The van der Waals surface area contributed by atoms with Gasteiger partial charge in [-0.1, -0.05) is 78.0 Å². The van der Waals surface area contributed by atoms with Crippen LogP contribution in [0.15, 0.2) is 76.9 Å². The summed E-state index contributed by atoms with van der Waals surface area (Å²) in [5.41, 5.74) is 1.99. The average Bonchev–Trinajstić information content (AvgIpc) is 2.97. The molecule has 1 heterocycles.